The summed E-state index contributed by atoms with van der Waals surface area (Å²) in [5.41, 5.74) is 2.07. The second kappa shape index (κ2) is 6.96. The minimum absolute atomic E-state index is 0.207. The summed E-state index contributed by atoms with van der Waals surface area (Å²) in [6.45, 7) is 1.08. The number of benzene rings is 1. The number of hydrogen-bond acceptors (Lipinski definition) is 4. The number of rotatable bonds is 3. The SMILES string of the molecule is O=c1[nH]c(-c2ccncc2)nc2c1CN(Cc1cc(F)c(F)c(F)c1)CC2. The Morgan fingerprint density at radius 2 is 1.81 bits per heavy atom. The van der Waals surface area contributed by atoms with E-state index in [0.717, 1.165) is 17.7 Å². The molecule has 0 saturated carbocycles. The first-order valence-corrected chi connectivity index (χ1v) is 8.39. The summed E-state index contributed by atoms with van der Waals surface area (Å²) in [5.74, 6) is -3.43. The van der Waals surface area contributed by atoms with E-state index in [1.165, 1.54) is 0 Å². The van der Waals surface area contributed by atoms with Crippen molar-refractivity contribution >= 4 is 0 Å². The summed E-state index contributed by atoms with van der Waals surface area (Å²) in [5, 5.41) is 0. The Kier molecular flexibility index (Phi) is 4.49. The highest BCUT2D eigenvalue weighted by Crippen LogP contribution is 2.21. The predicted octanol–water partition coefficient (Wildman–Crippen LogP) is 2.81. The van der Waals surface area contributed by atoms with Crippen LogP contribution in [0.5, 0.6) is 0 Å². The van der Waals surface area contributed by atoms with Crippen LogP contribution >= 0.6 is 0 Å². The first-order valence-electron chi connectivity index (χ1n) is 8.39. The van der Waals surface area contributed by atoms with Gasteiger partial charge in [0.15, 0.2) is 17.5 Å². The van der Waals surface area contributed by atoms with Crippen molar-refractivity contribution in [3.05, 3.63) is 81.3 Å². The molecule has 0 saturated heterocycles. The summed E-state index contributed by atoms with van der Waals surface area (Å²) in [6, 6.07) is 5.47. The number of pyridine rings is 1. The Morgan fingerprint density at radius 3 is 2.52 bits per heavy atom. The Morgan fingerprint density at radius 1 is 1.11 bits per heavy atom. The number of aromatic nitrogens is 3. The largest absolute Gasteiger partial charge is 0.306 e. The van der Waals surface area contributed by atoms with Gasteiger partial charge in [0.1, 0.15) is 5.82 Å². The quantitative estimate of drug-likeness (QED) is 0.719. The summed E-state index contributed by atoms with van der Waals surface area (Å²) in [6.07, 6.45) is 3.78. The third-order valence-corrected chi connectivity index (χ3v) is 4.55. The molecule has 0 atom stereocenters. The molecule has 3 heterocycles. The van der Waals surface area contributed by atoms with Crippen LogP contribution in [-0.2, 0) is 19.5 Å². The van der Waals surface area contributed by atoms with Crippen molar-refractivity contribution in [1.29, 1.82) is 0 Å². The van der Waals surface area contributed by atoms with E-state index in [0.29, 0.717) is 42.2 Å². The van der Waals surface area contributed by atoms with Crippen molar-refractivity contribution in [3.63, 3.8) is 0 Å². The molecular formula is C19H15F3N4O. The minimum atomic E-state index is -1.48. The minimum Gasteiger partial charge on any atom is -0.306 e. The first-order chi connectivity index (χ1) is 13.0. The van der Waals surface area contributed by atoms with Crippen molar-refractivity contribution in [1.82, 2.24) is 19.9 Å². The van der Waals surface area contributed by atoms with Crippen LogP contribution in [0.25, 0.3) is 11.4 Å². The van der Waals surface area contributed by atoms with Gasteiger partial charge in [0.25, 0.3) is 5.56 Å². The van der Waals surface area contributed by atoms with Crippen LogP contribution < -0.4 is 5.56 Å². The molecule has 5 nitrogen and oxygen atoms in total. The van der Waals surface area contributed by atoms with Gasteiger partial charge in [-0.2, -0.15) is 0 Å². The monoisotopic (exact) mass is 372 g/mol. The molecule has 8 heteroatoms. The van der Waals surface area contributed by atoms with Crippen LogP contribution in [0, 0.1) is 17.5 Å². The van der Waals surface area contributed by atoms with Crippen LogP contribution in [0.4, 0.5) is 13.2 Å². The summed E-state index contributed by atoms with van der Waals surface area (Å²) < 4.78 is 39.9. The van der Waals surface area contributed by atoms with Gasteiger partial charge in [-0.1, -0.05) is 0 Å². The predicted molar refractivity (Wildman–Crippen MR) is 92.2 cm³/mol. The highest BCUT2D eigenvalue weighted by atomic mass is 19.2. The van der Waals surface area contributed by atoms with E-state index < -0.39 is 17.5 Å². The average molecular weight is 372 g/mol. The number of aromatic amines is 1. The van der Waals surface area contributed by atoms with Gasteiger partial charge in [-0.3, -0.25) is 14.7 Å². The lowest BCUT2D eigenvalue weighted by atomic mass is 10.1. The summed E-state index contributed by atoms with van der Waals surface area (Å²) >= 11 is 0. The van der Waals surface area contributed by atoms with E-state index in [-0.39, 0.29) is 12.1 Å². The zero-order chi connectivity index (χ0) is 19.0. The third-order valence-electron chi connectivity index (χ3n) is 4.55. The Balaban J connectivity index is 1.58. The summed E-state index contributed by atoms with van der Waals surface area (Å²) in [7, 11) is 0. The van der Waals surface area contributed by atoms with Gasteiger partial charge in [-0.05, 0) is 29.8 Å². The van der Waals surface area contributed by atoms with Gasteiger partial charge in [0, 0.05) is 44.0 Å². The lowest BCUT2D eigenvalue weighted by molar-refractivity contribution is 0.241. The van der Waals surface area contributed by atoms with Crippen molar-refractivity contribution in [2.75, 3.05) is 6.54 Å². The van der Waals surface area contributed by atoms with Crippen LogP contribution in [0.1, 0.15) is 16.8 Å². The summed E-state index contributed by atoms with van der Waals surface area (Å²) in [4.78, 5) is 25.6. The highest BCUT2D eigenvalue weighted by molar-refractivity contribution is 5.54. The molecule has 0 bridgehead atoms. The zero-order valence-corrected chi connectivity index (χ0v) is 14.2. The van der Waals surface area contributed by atoms with Gasteiger partial charge < -0.3 is 4.98 Å². The fraction of sp³-hybridized carbons (Fsp3) is 0.211. The van der Waals surface area contributed by atoms with Crippen molar-refractivity contribution in [2.45, 2.75) is 19.5 Å². The molecule has 0 unspecified atom stereocenters. The van der Waals surface area contributed by atoms with E-state index in [1.807, 2.05) is 4.90 Å². The molecule has 27 heavy (non-hydrogen) atoms. The van der Waals surface area contributed by atoms with Crippen LogP contribution in [-0.4, -0.2) is 26.4 Å². The van der Waals surface area contributed by atoms with Crippen molar-refractivity contribution in [2.24, 2.45) is 0 Å². The first kappa shape index (κ1) is 17.4. The smallest absolute Gasteiger partial charge is 0.255 e. The number of nitrogens with one attached hydrogen (secondary N) is 1. The highest BCUT2D eigenvalue weighted by Gasteiger charge is 2.22. The molecule has 0 fully saturated rings. The molecule has 3 aromatic rings. The van der Waals surface area contributed by atoms with Gasteiger partial charge in [0.2, 0.25) is 0 Å². The fourth-order valence-corrected chi connectivity index (χ4v) is 3.22. The molecule has 0 amide bonds. The van der Waals surface area contributed by atoms with Crippen LogP contribution in [0.3, 0.4) is 0 Å². The van der Waals surface area contributed by atoms with Crippen LogP contribution in [0.2, 0.25) is 0 Å². The van der Waals surface area contributed by atoms with Gasteiger partial charge in [-0.15, -0.1) is 0 Å². The van der Waals surface area contributed by atoms with Gasteiger partial charge >= 0.3 is 0 Å². The van der Waals surface area contributed by atoms with E-state index in [2.05, 4.69) is 15.0 Å². The van der Waals surface area contributed by atoms with E-state index in [9.17, 15) is 18.0 Å². The maximum atomic E-state index is 13.4. The Labute approximate surface area is 152 Å². The molecule has 0 aliphatic carbocycles. The second-order valence-electron chi connectivity index (χ2n) is 6.41. The molecule has 1 aromatic carbocycles. The maximum absolute atomic E-state index is 13.4. The second-order valence-corrected chi connectivity index (χ2v) is 6.41. The zero-order valence-electron chi connectivity index (χ0n) is 14.2. The molecule has 4 rings (SSSR count). The lowest BCUT2D eigenvalue weighted by Crippen LogP contribution is -2.35. The third kappa shape index (κ3) is 3.48. The average Bonchev–Trinajstić information content (AvgIpc) is 2.67. The number of fused-ring (bicyclic) bond motifs is 1. The topological polar surface area (TPSA) is 61.9 Å². The van der Waals surface area contributed by atoms with E-state index >= 15 is 0 Å². The fourth-order valence-electron chi connectivity index (χ4n) is 3.22. The number of halogens is 3. The van der Waals surface area contributed by atoms with Gasteiger partial charge in [0.05, 0.1) is 11.3 Å². The normalized spacial score (nSPS) is 14.2. The number of hydrogen-bond donors (Lipinski definition) is 1. The van der Waals surface area contributed by atoms with Gasteiger partial charge in [-0.25, -0.2) is 18.2 Å². The molecule has 0 radical (unpaired) electrons. The molecule has 1 aliphatic rings. The number of H-pyrrole nitrogens is 1. The lowest BCUT2D eigenvalue weighted by Gasteiger charge is -2.27. The van der Waals surface area contributed by atoms with E-state index in [4.69, 9.17) is 0 Å². The van der Waals surface area contributed by atoms with E-state index in [1.54, 1.807) is 24.5 Å². The molecule has 138 valence electrons. The molecular weight excluding hydrogens is 357 g/mol. The maximum Gasteiger partial charge on any atom is 0.255 e. The molecule has 0 spiro atoms. The standard InChI is InChI=1S/C19H15F3N4O/c20-14-7-11(8-15(21)17(14)22)9-26-6-3-16-13(10-26)19(27)25-18(24-16)12-1-4-23-5-2-12/h1-2,4-5,7-8H,3,6,9-10H2,(H,24,25,27). The molecule has 1 N–H and O–H groups in total. The van der Waals surface area contributed by atoms with Crippen LogP contribution in [0.15, 0.2) is 41.5 Å². The Hall–Kier alpha value is -3.00. The Bertz CT molecular complexity index is 1030. The van der Waals surface area contributed by atoms with Crippen molar-refractivity contribution < 1.29 is 13.2 Å². The molecule has 2 aromatic heterocycles. The molecule has 1 aliphatic heterocycles. The number of nitrogens with zero attached hydrogens (tertiary/aromatic N) is 3. The van der Waals surface area contributed by atoms with Crippen molar-refractivity contribution in [3.8, 4) is 11.4 Å².